The summed E-state index contributed by atoms with van der Waals surface area (Å²) in [6, 6.07) is 56.3. The first-order chi connectivity index (χ1) is 21.3. The maximum absolute atomic E-state index is 5.41. The maximum atomic E-state index is 5.41. The van der Waals surface area contributed by atoms with Crippen LogP contribution in [0.1, 0.15) is 23.6 Å². The van der Waals surface area contributed by atoms with Crippen molar-refractivity contribution in [2.75, 3.05) is 0 Å². The lowest BCUT2D eigenvalue weighted by molar-refractivity contribution is 0.269. The Morgan fingerprint density at radius 2 is 0.860 bits per heavy atom. The average Bonchev–Trinajstić information content (AvgIpc) is 3.56. The van der Waals surface area contributed by atoms with Gasteiger partial charge in [0.2, 0.25) is 6.29 Å². The summed E-state index contributed by atoms with van der Waals surface area (Å²) in [5.41, 5.74) is 9.66. The molecule has 1 aromatic heterocycles. The predicted octanol–water partition coefficient (Wildman–Crippen LogP) is 9.28. The number of aliphatic imine (C=N–C) groups is 1. The first kappa shape index (κ1) is 24.2. The number of amidine groups is 1. The summed E-state index contributed by atoms with van der Waals surface area (Å²) in [5.74, 6) is 1.00. The lowest BCUT2D eigenvalue weighted by Crippen LogP contribution is -2.14. The highest BCUT2D eigenvalue weighted by molar-refractivity contribution is 6.08. The molecule has 43 heavy (non-hydrogen) atoms. The molecule has 0 saturated carbocycles. The van der Waals surface area contributed by atoms with E-state index >= 15 is 0 Å². The van der Waals surface area contributed by atoms with Crippen molar-refractivity contribution < 1.29 is 0 Å². The molecule has 2 aliphatic heterocycles. The van der Waals surface area contributed by atoms with Crippen LogP contribution in [0.15, 0.2) is 163 Å². The fraction of sp³-hybridized carbons (Fsp3) is 0.0513. The van der Waals surface area contributed by atoms with Crippen molar-refractivity contribution in [3.63, 3.8) is 0 Å². The summed E-state index contributed by atoms with van der Waals surface area (Å²) in [6.45, 7) is 0. The Morgan fingerprint density at radius 1 is 0.419 bits per heavy atom. The highest BCUT2D eigenvalue weighted by Gasteiger charge is 2.58. The van der Waals surface area contributed by atoms with Crippen LogP contribution in [0.2, 0.25) is 0 Å². The summed E-state index contributed by atoms with van der Waals surface area (Å²) in [5, 5.41) is 7.29. The number of aromatic nitrogens is 1. The zero-order chi connectivity index (χ0) is 28.3. The van der Waals surface area contributed by atoms with E-state index in [2.05, 4.69) is 172 Å². The van der Waals surface area contributed by atoms with E-state index in [9.17, 15) is 0 Å². The highest BCUT2D eigenvalue weighted by atomic mass is 15.9. The van der Waals surface area contributed by atoms with Crippen LogP contribution in [0, 0.1) is 0 Å². The third-order valence-electron chi connectivity index (χ3n) is 8.78. The van der Waals surface area contributed by atoms with E-state index in [0.29, 0.717) is 0 Å². The van der Waals surface area contributed by atoms with E-state index in [-0.39, 0.29) is 12.5 Å². The Labute approximate surface area is 250 Å². The third-order valence-corrected chi connectivity index (χ3v) is 8.78. The zero-order valence-corrected chi connectivity index (χ0v) is 23.5. The van der Waals surface area contributed by atoms with Crippen molar-refractivity contribution >= 4 is 27.6 Å². The first-order valence-electron chi connectivity index (χ1n) is 14.8. The van der Waals surface area contributed by atoms with Crippen LogP contribution >= 0.6 is 0 Å². The number of nitrogens with zero attached hydrogens (tertiary/aromatic N) is 4. The van der Waals surface area contributed by atoms with Gasteiger partial charge in [0.05, 0.1) is 11.0 Å². The summed E-state index contributed by atoms with van der Waals surface area (Å²) >= 11 is 0. The second-order valence-corrected chi connectivity index (χ2v) is 11.2. The molecule has 3 unspecified atom stereocenters. The van der Waals surface area contributed by atoms with Gasteiger partial charge in [0.1, 0.15) is 6.17 Å². The maximum Gasteiger partial charge on any atom is 0.204 e. The summed E-state index contributed by atoms with van der Waals surface area (Å²) in [7, 11) is 0. The molecule has 6 aromatic carbocycles. The Balaban J connectivity index is 1.16. The van der Waals surface area contributed by atoms with Crippen molar-refractivity contribution in [2.45, 2.75) is 12.5 Å². The molecule has 0 radical (unpaired) electrons. The minimum atomic E-state index is -0.188. The number of hydrogen-bond donors (Lipinski definition) is 0. The molecule has 0 bridgehead atoms. The molecule has 0 aliphatic carbocycles. The molecule has 7 aromatic rings. The van der Waals surface area contributed by atoms with Crippen LogP contribution in [0.3, 0.4) is 0 Å². The third kappa shape index (κ3) is 3.84. The van der Waals surface area contributed by atoms with Gasteiger partial charge in [-0.05, 0) is 39.9 Å². The molecule has 1 saturated heterocycles. The van der Waals surface area contributed by atoms with Crippen LogP contribution in [0.4, 0.5) is 0 Å². The molecular weight excluding hydrogens is 524 g/mol. The molecule has 0 amide bonds. The zero-order valence-electron chi connectivity index (χ0n) is 23.5. The standard InChI is InChI=1S/C39H28N4/c1-3-11-27(12-4-1)29-19-23-31(24-20-29)37-40-39(41-35-17-9-7-15-33(35)34-16-8-10-18-36(34)41)43-38(42(37)43)32-25-21-30(22-26-32)28-13-5-2-6-14-28/h1-26,38-39H. The lowest BCUT2D eigenvalue weighted by atomic mass is 10.0. The molecule has 1 fully saturated rings. The normalized spacial score (nSPS) is 19.0. The molecule has 9 rings (SSSR count). The van der Waals surface area contributed by atoms with Gasteiger partial charge in [0.25, 0.3) is 0 Å². The van der Waals surface area contributed by atoms with Crippen molar-refractivity contribution in [3.8, 4) is 22.3 Å². The fourth-order valence-electron chi connectivity index (χ4n) is 6.67. The lowest BCUT2D eigenvalue weighted by Gasteiger charge is -2.16. The number of hydrazine groups is 1. The number of rotatable bonds is 5. The second kappa shape index (κ2) is 9.55. The van der Waals surface area contributed by atoms with Crippen LogP contribution in [-0.2, 0) is 0 Å². The van der Waals surface area contributed by atoms with E-state index in [1.807, 2.05) is 0 Å². The van der Waals surface area contributed by atoms with Crippen LogP contribution in [-0.4, -0.2) is 20.4 Å². The van der Waals surface area contributed by atoms with Gasteiger partial charge in [-0.15, -0.1) is 5.01 Å². The Hall–Kier alpha value is -5.45. The SMILES string of the molecule is c1ccc(-c2ccc(C3=NC(n4c5ccccc5c5ccccc54)N4C(c5ccc(-c6ccccc6)cc5)N34)cc2)cc1. The number of para-hydroxylation sites is 2. The van der Waals surface area contributed by atoms with Gasteiger partial charge >= 0.3 is 0 Å². The molecule has 0 spiro atoms. The second-order valence-electron chi connectivity index (χ2n) is 11.2. The Kier molecular flexibility index (Phi) is 5.37. The summed E-state index contributed by atoms with van der Waals surface area (Å²) in [4.78, 5) is 5.41. The average molecular weight is 553 g/mol. The van der Waals surface area contributed by atoms with Gasteiger partial charge in [-0.25, -0.2) is 4.99 Å². The van der Waals surface area contributed by atoms with Gasteiger partial charge in [-0.3, -0.25) is 5.01 Å². The minimum absolute atomic E-state index is 0.107. The molecule has 0 N–H and O–H groups in total. The molecule has 3 atom stereocenters. The van der Waals surface area contributed by atoms with E-state index in [1.165, 1.54) is 49.6 Å². The molecule has 204 valence electrons. The van der Waals surface area contributed by atoms with Crippen molar-refractivity contribution in [1.29, 1.82) is 0 Å². The van der Waals surface area contributed by atoms with E-state index in [1.54, 1.807) is 0 Å². The van der Waals surface area contributed by atoms with Gasteiger partial charge in [-0.1, -0.05) is 146 Å². The van der Waals surface area contributed by atoms with Crippen LogP contribution < -0.4 is 0 Å². The van der Waals surface area contributed by atoms with Crippen LogP contribution in [0.25, 0.3) is 44.1 Å². The van der Waals surface area contributed by atoms with Gasteiger partial charge in [-0.2, -0.15) is 0 Å². The number of benzene rings is 6. The van der Waals surface area contributed by atoms with E-state index in [4.69, 9.17) is 4.99 Å². The number of hydrogen-bond acceptors (Lipinski definition) is 3. The largest absolute Gasteiger partial charge is 0.304 e. The van der Waals surface area contributed by atoms with E-state index < -0.39 is 0 Å². The fourth-order valence-corrected chi connectivity index (χ4v) is 6.67. The molecule has 2 aliphatic rings. The van der Waals surface area contributed by atoms with Crippen molar-refractivity contribution in [3.05, 3.63) is 169 Å². The Morgan fingerprint density at radius 3 is 1.42 bits per heavy atom. The van der Waals surface area contributed by atoms with Gasteiger partial charge in [0.15, 0.2) is 5.84 Å². The minimum Gasteiger partial charge on any atom is -0.304 e. The van der Waals surface area contributed by atoms with Gasteiger partial charge in [0, 0.05) is 16.3 Å². The molecular formula is C39H28N4. The Bertz CT molecular complexity index is 2080. The van der Waals surface area contributed by atoms with E-state index in [0.717, 1.165) is 11.4 Å². The molecule has 4 heteroatoms. The highest BCUT2D eigenvalue weighted by Crippen LogP contribution is 2.54. The first-order valence-corrected chi connectivity index (χ1v) is 14.8. The van der Waals surface area contributed by atoms with Crippen LogP contribution in [0.5, 0.6) is 0 Å². The smallest absolute Gasteiger partial charge is 0.204 e. The number of fused-ring (bicyclic) bond motifs is 4. The predicted molar refractivity (Wildman–Crippen MR) is 175 cm³/mol. The monoisotopic (exact) mass is 552 g/mol. The molecule has 4 nitrogen and oxygen atoms in total. The quantitative estimate of drug-likeness (QED) is 0.199. The topological polar surface area (TPSA) is 23.3 Å². The van der Waals surface area contributed by atoms with Crippen molar-refractivity contribution in [2.24, 2.45) is 4.99 Å². The van der Waals surface area contributed by atoms with Gasteiger partial charge < -0.3 is 4.57 Å². The summed E-state index contributed by atoms with van der Waals surface area (Å²) in [6.07, 6.45) is -0.0801. The summed E-state index contributed by atoms with van der Waals surface area (Å²) < 4.78 is 2.40. The van der Waals surface area contributed by atoms with Crippen molar-refractivity contribution in [1.82, 2.24) is 14.6 Å². The molecule has 3 heterocycles.